The van der Waals surface area contributed by atoms with Crippen LogP contribution in [0.15, 0.2) is 71.6 Å². The van der Waals surface area contributed by atoms with E-state index in [9.17, 15) is 22.4 Å². The van der Waals surface area contributed by atoms with Gasteiger partial charge in [-0.1, -0.05) is 59.1 Å². The van der Waals surface area contributed by atoms with E-state index < -0.39 is 40.2 Å². The maximum atomic E-state index is 13.8. The molecule has 3 aromatic rings. The van der Waals surface area contributed by atoms with E-state index in [1.54, 1.807) is 19.1 Å². The number of hydrogen-bond acceptors (Lipinski definition) is 4. The Hall–Kier alpha value is -3.14. The Labute approximate surface area is 232 Å². The van der Waals surface area contributed by atoms with Crippen LogP contribution in [0, 0.1) is 12.7 Å². The van der Waals surface area contributed by atoms with Crippen LogP contribution in [0.2, 0.25) is 10.0 Å². The molecule has 0 bridgehead atoms. The average Bonchev–Trinajstić information content (AvgIpc) is 2.88. The molecule has 0 aromatic heterocycles. The van der Waals surface area contributed by atoms with Gasteiger partial charge in [0.05, 0.1) is 20.6 Å². The number of aryl methyl sites for hydroxylation is 1. The summed E-state index contributed by atoms with van der Waals surface area (Å²) in [6.07, 6.45) is 0. The van der Waals surface area contributed by atoms with Crippen molar-refractivity contribution in [3.63, 3.8) is 0 Å². The van der Waals surface area contributed by atoms with Crippen LogP contribution >= 0.6 is 23.2 Å². The number of sulfonamides is 1. The third-order valence-electron chi connectivity index (χ3n) is 5.87. The molecular formula is C27H28Cl2FN3O4S. The van der Waals surface area contributed by atoms with E-state index in [0.29, 0.717) is 12.1 Å². The first-order valence-electron chi connectivity index (χ1n) is 11.8. The minimum Gasteiger partial charge on any atom is -0.355 e. The third-order valence-corrected chi connectivity index (χ3v) is 8.46. The van der Waals surface area contributed by atoms with Crippen LogP contribution < -0.4 is 9.62 Å². The number of carbonyl (C=O) groups excluding carboxylic acids is 2. The lowest BCUT2D eigenvalue weighted by Crippen LogP contribution is -2.51. The predicted molar refractivity (Wildman–Crippen MR) is 147 cm³/mol. The minimum absolute atomic E-state index is 0.0143. The molecule has 3 aromatic carbocycles. The number of benzene rings is 3. The Kier molecular flexibility index (Phi) is 9.76. The Morgan fingerprint density at radius 3 is 2.24 bits per heavy atom. The van der Waals surface area contributed by atoms with Crippen LogP contribution in [0.1, 0.15) is 25.0 Å². The van der Waals surface area contributed by atoms with Crippen LogP contribution in [0.4, 0.5) is 10.1 Å². The summed E-state index contributed by atoms with van der Waals surface area (Å²) in [6.45, 7) is 4.72. The summed E-state index contributed by atoms with van der Waals surface area (Å²) < 4.78 is 42.0. The molecule has 0 saturated carbocycles. The monoisotopic (exact) mass is 579 g/mol. The quantitative estimate of drug-likeness (QED) is 0.358. The Bertz CT molecular complexity index is 1400. The molecular weight excluding hydrogens is 552 g/mol. The van der Waals surface area contributed by atoms with Gasteiger partial charge in [0.15, 0.2) is 0 Å². The Balaban J connectivity index is 2.07. The number of amides is 2. The molecule has 7 nitrogen and oxygen atoms in total. The molecule has 0 aliphatic heterocycles. The van der Waals surface area contributed by atoms with E-state index in [1.807, 2.05) is 6.92 Å². The zero-order valence-electron chi connectivity index (χ0n) is 21.1. The Morgan fingerprint density at radius 2 is 1.63 bits per heavy atom. The number of halogens is 3. The van der Waals surface area contributed by atoms with Gasteiger partial charge in [0.1, 0.15) is 18.4 Å². The van der Waals surface area contributed by atoms with Crippen LogP contribution in [-0.4, -0.2) is 44.3 Å². The molecule has 3 rings (SSSR count). The van der Waals surface area contributed by atoms with E-state index in [0.717, 1.165) is 9.87 Å². The van der Waals surface area contributed by atoms with Gasteiger partial charge >= 0.3 is 0 Å². The summed E-state index contributed by atoms with van der Waals surface area (Å²) in [5.74, 6) is -1.54. The second-order valence-corrected chi connectivity index (χ2v) is 11.3. The van der Waals surface area contributed by atoms with Crippen LogP contribution in [0.5, 0.6) is 0 Å². The van der Waals surface area contributed by atoms with Gasteiger partial charge < -0.3 is 10.2 Å². The number of rotatable bonds is 10. The smallest absolute Gasteiger partial charge is 0.264 e. The highest BCUT2D eigenvalue weighted by molar-refractivity contribution is 7.92. The molecule has 1 atom stereocenters. The molecule has 38 heavy (non-hydrogen) atoms. The fraction of sp³-hybridized carbons (Fsp3) is 0.259. The summed E-state index contributed by atoms with van der Waals surface area (Å²) in [4.78, 5) is 27.7. The van der Waals surface area contributed by atoms with Crippen LogP contribution in [0.25, 0.3) is 0 Å². The highest BCUT2D eigenvalue weighted by atomic mass is 35.5. The molecule has 0 radical (unpaired) electrons. The maximum absolute atomic E-state index is 13.8. The lowest BCUT2D eigenvalue weighted by molar-refractivity contribution is -0.139. The number of nitrogens with zero attached hydrogens (tertiary/aromatic N) is 2. The maximum Gasteiger partial charge on any atom is 0.264 e. The second kappa shape index (κ2) is 12.6. The van der Waals surface area contributed by atoms with E-state index in [-0.39, 0.29) is 27.2 Å². The van der Waals surface area contributed by atoms with Crippen LogP contribution in [0.3, 0.4) is 0 Å². The molecule has 0 aliphatic carbocycles. The van der Waals surface area contributed by atoms with Crippen molar-refractivity contribution in [1.82, 2.24) is 10.2 Å². The van der Waals surface area contributed by atoms with Crippen molar-refractivity contribution in [3.05, 3.63) is 93.7 Å². The van der Waals surface area contributed by atoms with Crippen molar-refractivity contribution in [2.24, 2.45) is 0 Å². The van der Waals surface area contributed by atoms with Crippen molar-refractivity contribution < 1.29 is 22.4 Å². The normalized spacial score (nSPS) is 12.1. The van der Waals surface area contributed by atoms with Crippen molar-refractivity contribution in [2.45, 2.75) is 38.3 Å². The second-order valence-electron chi connectivity index (χ2n) is 8.62. The fourth-order valence-corrected chi connectivity index (χ4v) is 5.60. The minimum atomic E-state index is -4.28. The molecule has 2 amide bonds. The first kappa shape index (κ1) is 29.4. The highest BCUT2D eigenvalue weighted by Crippen LogP contribution is 2.35. The molecule has 0 fully saturated rings. The standard InChI is InChI=1S/C27H28Cl2FN3O4S/c1-4-31-27(35)19(3)32(16-20-10-12-21(30)13-11-20)25(34)17-33(24-7-5-6-23(28)26(24)29)38(36,37)22-14-8-18(2)9-15-22/h5-15,19H,4,16-17H2,1-3H3,(H,31,35). The summed E-state index contributed by atoms with van der Waals surface area (Å²) in [5, 5.41) is 2.74. The van der Waals surface area contributed by atoms with Crippen molar-refractivity contribution in [1.29, 1.82) is 0 Å². The van der Waals surface area contributed by atoms with E-state index in [2.05, 4.69) is 5.32 Å². The van der Waals surface area contributed by atoms with Crippen molar-refractivity contribution >= 4 is 50.7 Å². The van der Waals surface area contributed by atoms with Gasteiger partial charge in [-0.25, -0.2) is 12.8 Å². The average molecular weight is 581 g/mol. The largest absolute Gasteiger partial charge is 0.355 e. The number of carbonyl (C=O) groups is 2. The van der Waals surface area contributed by atoms with Crippen LogP contribution in [-0.2, 0) is 26.2 Å². The molecule has 0 spiro atoms. The molecule has 0 heterocycles. The number of nitrogens with one attached hydrogen (secondary N) is 1. The molecule has 1 N–H and O–H groups in total. The number of likely N-dealkylation sites (N-methyl/N-ethyl adjacent to an activating group) is 1. The zero-order valence-corrected chi connectivity index (χ0v) is 23.4. The van der Waals surface area contributed by atoms with E-state index >= 15 is 0 Å². The van der Waals surface area contributed by atoms with Gasteiger partial charge in [0.2, 0.25) is 11.8 Å². The molecule has 202 valence electrons. The van der Waals surface area contributed by atoms with Gasteiger partial charge in [-0.2, -0.15) is 0 Å². The SMILES string of the molecule is CCNC(=O)C(C)N(Cc1ccc(F)cc1)C(=O)CN(c1cccc(Cl)c1Cl)S(=O)(=O)c1ccc(C)cc1. The predicted octanol–water partition coefficient (Wildman–Crippen LogP) is 5.19. The van der Waals surface area contributed by atoms with E-state index in [4.69, 9.17) is 23.2 Å². The molecule has 0 saturated heterocycles. The molecule has 0 aliphatic rings. The fourth-order valence-electron chi connectivity index (χ4n) is 3.73. The highest BCUT2D eigenvalue weighted by Gasteiger charge is 2.33. The summed E-state index contributed by atoms with van der Waals surface area (Å²) in [6, 6.07) is 15.2. The first-order valence-corrected chi connectivity index (χ1v) is 14.0. The van der Waals surface area contributed by atoms with Crippen molar-refractivity contribution in [2.75, 3.05) is 17.4 Å². The number of anilines is 1. The van der Waals surface area contributed by atoms with Gasteiger partial charge in [0, 0.05) is 13.1 Å². The number of hydrogen-bond donors (Lipinski definition) is 1. The van der Waals surface area contributed by atoms with Gasteiger partial charge in [-0.15, -0.1) is 0 Å². The topological polar surface area (TPSA) is 86.8 Å². The summed E-state index contributed by atoms with van der Waals surface area (Å²) >= 11 is 12.6. The zero-order chi connectivity index (χ0) is 28.0. The first-order chi connectivity index (χ1) is 17.9. The molecule has 11 heteroatoms. The van der Waals surface area contributed by atoms with E-state index in [1.165, 1.54) is 66.4 Å². The Morgan fingerprint density at radius 1 is 1.00 bits per heavy atom. The molecule has 1 unspecified atom stereocenters. The van der Waals surface area contributed by atoms with Gasteiger partial charge in [-0.3, -0.25) is 13.9 Å². The lowest BCUT2D eigenvalue weighted by Gasteiger charge is -2.32. The van der Waals surface area contributed by atoms with Gasteiger partial charge in [0.25, 0.3) is 10.0 Å². The summed E-state index contributed by atoms with van der Waals surface area (Å²) in [7, 11) is -4.28. The van der Waals surface area contributed by atoms with Crippen molar-refractivity contribution in [3.8, 4) is 0 Å². The third kappa shape index (κ3) is 6.83. The lowest BCUT2D eigenvalue weighted by atomic mass is 10.1. The van der Waals surface area contributed by atoms with Gasteiger partial charge in [-0.05, 0) is 62.7 Å². The summed E-state index contributed by atoms with van der Waals surface area (Å²) in [5.41, 5.74) is 1.43.